The largest absolute Gasteiger partial charge is 0.479 e. The van der Waals surface area contributed by atoms with Crippen molar-refractivity contribution in [2.45, 2.75) is 26.2 Å². The number of imidazole rings is 1. The molecule has 30 heavy (non-hydrogen) atoms. The van der Waals surface area contributed by atoms with E-state index in [4.69, 9.17) is 9.26 Å². The van der Waals surface area contributed by atoms with Gasteiger partial charge in [-0.15, -0.1) is 0 Å². The highest BCUT2D eigenvalue weighted by atomic mass is 16.5. The predicted molar refractivity (Wildman–Crippen MR) is 111 cm³/mol. The summed E-state index contributed by atoms with van der Waals surface area (Å²) in [6.07, 6.45) is 3.05. The Bertz CT molecular complexity index is 1190. The van der Waals surface area contributed by atoms with Crippen LogP contribution in [0.1, 0.15) is 26.5 Å². The summed E-state index contributed by atoms with van der Waals surface area (Å²) in [4.78, 5) is 24.8. The van der Waals surface area contributed by atoms with E-state index in [0.29, 0.717) is 34.3 Å². The monoisotopic (exact) mass is 407 g/mol. The van der Waals surface area contributed by atoms with Gasteiger partial charge in [-0.1, -0.05) is 25.9 Å². The minimum atomic E-state index is -0.417. The van der Waals surface area contributed by atoms with Gasteiger partial charge in [0, 0.05) is 22.9 Å². The van der Waals surface area contributed by atoms with Crippen molar-refractivity contribution in [1.82, 2.24) is 24.7 Å². The third kappa shape index (κ3) is 3.79. The lowest BCUT2D eigenvalue weighted by molar-refractivity contribution is 0.262. The second kappa shape index (κ2) is 7.47. The van der Waals surface area contributed by atoms with Crippen LogP contribution >= 0.6 is 0 Å². The van der Waals surface area contributed by atoms with E-state index < -0.39 is 6.03 Å². The highest BCUT2D eigenvalue weighted by Crippen LogP contribution is 2.26. The van der Waals surface area contributed by atoms with Gasteiger partial charge in [-0.25, -0.2) is 14.8 Å². The maximum Gasteiger partial charge on any atom is 0.324 e. The van der Waals surface area contributed by atoms with Gasteiger partial charge in [-0.05, 0) is 24.3 Å². The number of carbonyl (C=O) groups excluding carboxylic acids is 1. The molecule has 154 valence electrons. The Morgan fingerprint density at radius 3 is 2.53 bits per heavy atom. The van der Waals surface area contributed by atoms with E-state index in [2.05, 4.69) is 30.7 Å². The molecule has 0 aliphatic carbocycles. The zero-order chi connectivity index (χ0) is 21.3. The van der Waals surface area contributed by atoms with Gasteiger partial charge in [-0.2, -0.15) is 4.98 Å². The van der Waals surface area contributed by atoms with E-state index in [-0.39, 0.29) is 5.41 Å². The Labute approximate surface area is 172 Å². The molecule has 0 radical (unpaired) electrons. The molecule has 4 aromatic rings. The molecule has 0 unspecified atom stereocenters. The van der Waals surface area contributed by atoms with Crippen molar-refractivity contribution in [3.8, 4) is 11.6 Å². The van der Waals surface area contributed by atoms with Crippen molar-refractivity contribution in [3.63, 3.8) is 0 Å². The summed E-state index contributed by atoms with van der Waals surface area (Å²) in [6, 6.07) is 8.54. The number of fused-ring (bicyclic) bond motifs is 1. The average Bonchev–Trinajstić information content (AvgIpc) is 3.35. The zero-order valence-electron chi connectivity index (χ0n) is 17.0. The minimum Gasteiger partial charge on any atom is -0.479 e. The Hall–Kier alpha value is -3.95. The predicted octanol–water partition coefficient (Wildman–Crippen LogP) is 3.75. The van der Waals surface area contributed by atoms with Crippen LogP contribution in [0.2, 0.25) is 0 Å². The molecule has 10 heteroatoms. The van der Waals surface area contributed by atoms with Crippen LogP contribution in [0.3, 0.4) is 0 Å². The molecule has 2 N–H and O–H groups in total. The van der Waals surface area contributed by atoms with E-state index in [1.807, 2.05) is 37.5 Å². The van der Waals surface area contributed by atoms with Crippen LogP contribution in [0.5, 0.6) is 5.88 Å². The molecule has 1 aromatic carbocycles. The molecular weight excluding hydrogens is 386 g/mol. The van der Waals surface area contributed by atoms with Gasteiger partial charge in [0.15, 0.2) is 17.0 Å². The maximum absolute atomic E-state index is 12.3. The molecule has 2 amide bonds. The van der Waals surface area contributed by atoms with E-state index in [1.54, 1.807) is 31.6 Å². The second-order valence-corrected chi connectivity index (χ2v) is 7.62. The molecule has 0 fully saturated rings. The Balaban J connectivity index is 1.48. The van der Waals surface area contributed by atoms with E-state index >= 15 is 0 Å². The van der Waals surface area contributed by atoms with E-state index in [9.17, 15) is 4.79 Å². The number of carbonyl (C=O) groups is 1. The standard InChI is InChI=1S/C20H21N7O3/c1-20(2,3)14-9-15(26-30-14)25-19(28)24-12-5-7-13(8-6-12)27-11-23-17-16(27)18(29-4)22-10-21-17/h5-11H,1-4H3,(H2,24,25,26,28). The number of nitrogens with one attached hydrogen (secondary N) is 2. The molecule has 3 heterocycles. The van der Waals surface area contributed by atoms with Gasteiger partial charge in [0.05, 0.1) is 7.11 Å². The van der Waals surface area contributed by atoms with Crippen LogP contribution in [0, 0.1) is 0 Å². The number of urea groups is 1. The van der Waals surface area contributed by atoms with Crippen LogP contribution in [-0.4, -0.2) is 37.8 Å². The number of ether oxygens (including phenoxy) is 1. The number of hydrogen-bond donors (Lipinski definition) is 2. The lowest BCUT2D eigenvalue weighted by atomic mass is 9.93. The molecule has 0 saturated heterocycles. The number of amides is 2. The highest BCUT2D eigenvalue weighted by Gasteiger charge is 2.20. The summed E-state index contributed by atoms with van der Waals surface area (Å²) in [6.45, 7) is 6.01. The lowest BCUT2D eigenvalue weighted by Gasteiger charge is -2.12. The summed E-state index contributed by atoms with van der Waals surface area (Å²) < 4.78 is 12.4. The number of rotatable bonds is 4. The SMILES string of the molecule is COc1ncnc2ncn(-c3ccc(NC(=O)Nc4cc(C(C)(C)C)on4)cc3)c12. The highest BCUT2D eigenvalue weighted by molar-refractivity contribution is 5.99. The van der Waals surface area contributed by atoms with Crippen molar-refractivity contribution in [1.29, 1.82) is 0 Å². The molecule has 0 bridgehead atoms. The van der Waals surface area contributed by atoms with Crippen molar-refractivity contribution >= 4 is 28.7 Å². The second-order valence-electron chi connectivity index (χ2n) is 7.62. The van der Waals surface area contributed by atoms with Gasteiger partial charge < -0.3 is 14.6 Å². The molecule has 3 aromatic heterocycles. The minimum absolute atomic E-state index is 0.190. The molecule has 0 aliphatic rings. The van der Waals surface area contributed by atoms with Crippen LogP contribution in [0.15, 0.2) is 47.5 Å². The molecule has 0 saturated carbocycles. The van der Waals surface area contributed by atoms with Gasteiger partial charge in [0.1, 0.15) is 18.4 Å². The fraction of sp³-hybridized carbons (Fsp3) is 0.250. The van der Waals surface area contributed by atoms with Crippen LogP contribution in [0.4, 0.5) is 16.3 Å². The van der Waals surface area contributed by atoms with Crippen LogP contribution < -0.4 is 15.4 Å². The lowest BCUT2D eigenvalue weighted by Crippen LogP contribution is -2.19. The van der Waals surface area contributed by atoms with Gasteiger partial charge in [0.2, 0.25) is 5.88 Å². The first-order valence-electron chi connectivity index (χ1n) is 9.23. The number of anilines is 2. The van der Waals surface area contributed by atoms with Crippen LogP contribution in [-0.2, 0) is 5.41 Å². The third-order valence-corrected chi connectivity index (χ3v) is 4.39. The van der Waals surface area contributed by atoms with Crippen molar-refractivity contribution in [2.75, 3.05) is 17.7 Å². The molecular formula is C20H21N7O3. The Morgan fingerprint density at radius 2 is 1.87 bits per heavy atom. The molecule has 0 atom stereocenters. The molecule has 0 spiro atoms. The zero-order valence-corrected chi connectivity index (χ0v) is 17.0. The first-order chi connectivity index (χ1) is 14.3. The Morgan fingerprint density at radius 1 is 1.10 bits per heavy atom. The Kier molecular flexibility index (Phi) is 4.82. The quantitative estimate of drug-likeness (QED) is 0.528. The summed E-state index contributed by atoms with van der Waals surface area (Å²) in [5.74, 6) is 1.47. The number of hydrogen-bond acceptors (Lipinski definition) is 7. The van der Waals surface area contributed by atoms with Crippen molar-refractivity contribution in [2.24, 2.45) is 0 Å². The fourth-order valence-corrected chi connectivity index (χ4v) is 2.85. The average molecular weight is 407 g/mol. The summed E-state index contributed by atoms with van der Waals surface area (Å²) in [5.41, 5.74) is 2.45. The van der Waals surface area contributed by atoms with Crippen LogP contribution in [0.25, 0.3) is 16.9 Å². The van der Waals surface area contributed by atoms with Crippen molar-refractivity contribution in [3.05, 3.63) is 48.7 Å². The molecule has 0 aliphatic heterocycles. The van der Waals surface area contributed by atoms with Gasteiger partial charge in [-0.3, -0.25) is 9.88 Å². The number of aromatic nitrogens is 5. The van der Waals surface area contributed by atoms with E-state index in [0.717, 1.165) is 5.69 Å². The fourth-order valence-electron chi connectivity index (χ4n) is 2.85. The van der Waals surface area contributed by atoms with Gasteiger partial charge in [0.25, 0.3) is 0 Å². The maximum atomic E-state index is 12.3. The van der Waals surface area contributed by atoms with E-state index in [1.165, 1.54) is 6.33 Å². The molecule has 10 nitrogen and oxygen atoms in total. The normalized spacial score (nSPS) is 11.5. The van der Waals surface area contributed by atoms with Gasteiger partial charge >= 0.3 is 6.03 Å². The number of nitrogens with zero attached hydrogens (tertiary/aromatic N) is 5. The van der Waals surface area contributed by atoms with Crippen molar-refractivity contribution < 1.29 is 14.1 Å². The smallest absolute Gasteiger partial charge is 0.324 e. The summed E-state index contributed by atoms with van der Waals surface area (Å²) in [5, 5.41) is 9.30. The number of methoxy groups -OCH3 is 1. The first-order valence-corrected chi connectivity index (χ1v) is 9.23. The first kappa shape index (κ1) is 19.4. The summed E-state index contributed by atoms with van der Waals surface area (Å²) in [7, 11) is 1.55. The number of benzene rings is 1. The summed E-state index contributed by atoms with van der Waals surface area (Å²) >= 11 is 0. The topological polar surface area (TPSA) is 120 Å². The molecule has 4 rings (SSSR count). The third-order valence-electron chi connectivity index (χ3n) is 4.39.